The Hall–Kier alpha value is -3.13. The summed E-state index contributed by atoms with van der Waals surface area (Å²) in [6.07, 6.45) is 2.64. The second kappa shape index (κ2) is 7.42. The second-order valence-electron chi connectivity index (χ2n) is 5.40. The number of carbonyl (C=O) groups is 1. The van der Waals surface area contributed by atoms with Gasteiger partial charge in [-0.25, -0.2) is 0 Å². The van der Waals surface area contributed by atoms with Crippen molar-refractivity contribution in [2.24, 2.45) is 0 Å². The smallest absolute Gasteiger partial charge is 0.153 e. The summed E-state index contributed by atoms with van der Waals surface area (Å²) in [5.74, 6) is 0.609. The van der Waals surface area contributed by atoms with Gasteiger partial charge < -0.3 is 4.74 Å². The SMILES string of the molecule is C=Cc1ccccc1COc1c(C=O)cccc1-c1ccccc1. The number of para-hydroxylation sites is 1. The van der Waals surface area contributed by atoms with E-state index in [1.165, 1.54) is 0 Å². The van der Waals surface area contributed by atoms with Crippen LogP contribution in [0.3, 0.4) is 0 Å². The normalized spacial score (nSPS) is 10.2. The molecular formula is C22H18O2. The van der Waals surface area contributed by atoms with E-state index in [4.69, 9.17) is 4.74 Å². The van der Waals surface area contributed by atoms with E-state index in [9.17, 15) is 4.79 Å². The first-order valence-corrected chi connectivity index (χ1v) is 7.80. The minimum Gasteiger partial charge on any atom is -0.487 e. The Bertz CT molecular complexity index is 851. The van der Waals surface area contributed by atoms with Crippen LogP contribution < -0.4 is 4.74 Å². The molecule has 0 saturated carbocycles. The Labute approximate surface area is 142 Å². The van der Waals surface area contributed by atoms with Crippen LogP contribution in [-0.4, -0.2) is 6.29 Å². The van der Waals surface area contributed by atoms with Crippen LogP contribution >= 0.6 is 0 Å². The van der Waals surface area contributed by atoms with Gasteiger partial charge in [-0.1, -0.05) is 79.4 Å². The zero-order chi connectivity index (χ0) is 16.8. The minimum absolute atomic E-state index is 0.382. The Kier molecular flexibility index (Phi) is 4.87. The molecule has 0 aliphatic rings. The third-order valence-electron chi connectivity index (χ3n) is 3.90. The Balaban J connectivity index is 1.97. The molecule has 0 saturated heterocycles. The molecule has 3 aromatic rings. The second-order valence-corrected chi connectivity index (χ2v) is 5.40. The molecule has 0 fully saturated rings. The summed E-state index contributed by atoms with van der Waals surface area (Å²) < 4.78 is 6.06. The fourth-order valence-electron chi connectivity index (χ4n) is 2.67. The molecule has 0 atom stereocenters. The van der Waals surface area contributed by atoms with Crippen LogP contribution in [0.5, 0.6) is 5.75 Å². The molecule has 3 rings (SSSR count). The van der Waals surface area contributed by atoms with Crippen molar-refractivity contribution in [2.45, 2.75) is 6.61 Å². The van der Waals surface area contributed by atoms with Crippen molar-refractivity contribution in [1.29, 1.82) is 0 Å². The molecule has 0 radical (unpaired) electrons. The van der Waals surface area contributed by atoms with Gasteiger partial charge in [-0.05, 0) is 22.8 Å². The molecule has 3 aromatic carbocycles. The molecule has 0 aromatic heterocycles. The largest absolute Gasteiger partial charge is 0.487 e. The van der Waals surface area contributed by atoms with E-state index in [0.717, 1.165) is 28.5 Å². The van der Waals surface area contributed by atoms with Gasteiger partial charge in [0.25, 0.3) is 0 Å². The fraction of sp³-hybridized carbons (Fsp3) is 0.0455. The number of benzene rings is 3. The van der Waals surface area contributed by atoms with Gasteiger partial charge in [-0.15, -0.1) is 0 Å². The number of hydrogen-bond acceptors (Lipinski definition) is 2. The van der Waals surface area contributed by atoms with Crippen LogP contribution in [0.15, 0.2) is 79.4 Å². The van der Waals surface area contributed by atoms with Crippen molar-refractivity contribution in [3.05, 3.63) is 96.1 Å². The fourth-order valence-corrected chi connectivity index (χ4v) is 2.67. The number of aldehydes is 1. The molecule has 0 aliphatic carbocycles. The van der Waals surface area contributed by atoms with E-state index in [1.807, 2.05) is 72.8 Å². The molecule has 0 heterocycles. The topological polar surface area (TPSA) is 26.3 Å². The molecule has 118 valence electrons. The summed E-state index contributed by atoms with van der Waals surface area (Å²) in [5, 5.41) is 0. The van der Waals surface area contributed by atoms with Crippen molar-refractivity contribution in [2.75, 3.05) is 0 Å². The molecular weight excluding hydrogens is 296 g/mol. The van der Waals surface area contributed by atoms with Crippen molar-refractivity contribution in [1.82, 2.24) is 0 Å². The van der Waals surface area contributed by atoms with Gasteiger partial charge in [0.15, 0.2) is 6.29 Å². The molecule has 24 heavy (non-hydrogen) atoms. The average Bonchev–Trinajstić information content (AvgIpc) is 2.67. The summed E-state index contributed by atoms with van der Waals surface area (Å²) in [6.45, 7) is 4.22. The van der Waals surface area contributed by atoms with Gasteiger partial charge in [0.2, 0.25) is 0 Å². The van der Waals surface area contributed by atoms with Crippen molar-refractivity contribution < 1.29 is 9.53 Å². The third-order valence-corrected chi connectivity index (χ3v) is 3.90. The average molecular weight is 314 g/mol. The van der Waals surface area contributed by atoms with Crippen LogP contribution in [-0.2, 0) is 6.61 Å². The number of carbonyl (C=O) groups excluding carboxylic acids is 1. The maximum atomic E-state index is 11.4. The highest BCUT2D eigenvalue weighted by Crippen LogP contribution is 2.33. The third kappa shape index (κ3) is 3.28. The van der Waals surface area contributed by atoms with Crippen LogP contribution in [0.4, 0.5) is 0 Å². The number of hydrogen-bond donors (Lipinski definition) is 0. The lowest BCUT2D eigenvalue weighted by Crippen LogP contribution is -2.01. The van der Waals surface area contributed by atoms with E-state index < -0.39 is 0 Å². The van der Waals surface area contributed by atoms with Gasteiger partial charge in [0, 0.05) is 5.56 Å². The van der Waals surface area contributed by atoms with Crippen molar-refractivity contribution >= 4 is 12.4 Å². The maximum Gasteiger partial charge on any atom is 0.153 e. The predicted molar refractivity (Wildman–Crippen MR) is 98.1 cm³/mol. The minimum atomic E-state index is 0.382. The standard InChI is InChI=1S/C22H18O2/c1-2-17-9-6-7-12-20(17)16-24-22-19(15-23)13-8-14-21(22)18-10-4-3-5-11-18/h2-15H,1,16H2. The lowest BCUT2D eigenvalue weighted by molar-refractivity contribution is 0.111. The van der Waals surface area contributed by atoms with Crippen molar-refractivity contribution in [3.63, 3.8) is 0 Å². The van der Waals surface area contributed by atoms with Gasteiger partial charge in [-0.3, -0.25) is 4.79 Å². The maximum absolute atomic E-state index is 11.4. The molecule has 0 spiro atoms. The highest BCUT2D eigenvalue weighted by atomic mass is 16.5. The summed E-state index contributed by atoms with van der Waals surface area (Å²) in [7, 11) is 0. The Morgan fingerprint density at radius 1 is 0.833 bits per heavy atom. The molecule has 2 heteroatoms. The molecule has 2 nitrogen and oxygen atoms in total. The quantitative estimate of drug-likeness (QED) is 0.570. The predicted octanol–water partition coefficient (Wildman–Crippen LogP) is 5.39. The van der Waals surface area contributed by atoms with Gasteiger partial charge >= 0.3 is 0 Å². The molecule has 0 amide bonds. The zero-order valence-corrected chi connectivity index (χ0v) is 13.3. The number of rotatable bonds is 6. The van der Waals surface area contributed by atoms with E-state index in [2.05, 4.69) is 6.58 Å². The van der Waals surface area contributed by atoms with Crippen LogP contribution in [0.25, 0.3) is 17.2 Å². The number of ether oxygens (including phenoxy) is 1. The van der Waals surface area contributed by atoms with E-state index in [0.29, 0.717) is 17.9 Å². The van der Waals surface area contributed by atoms with E-state index in [1.54, 1.807) is 6.07 Å². The monoisotopic (exact) mass is 314 g/mol. The summed E-state index contributed by atoms with van der Waals surface area (Å²) >= 11 is 0. The first-order chi connectivity index (χ1) is 11.8. The van der Waals surface area contributed by atoms with Gasteiger partial charge in [-0.2, -0.15) is 0 Å². The molecule has 0 unspecified atom stereocenters. The summed E-state index contributed by atoms with van der Waals surface area (Å²) in [4.78, 5) is 11.4. The lowest BCUT2D eigenvalue weighted by atomic mass is 10.0. The Morgan fingerprint density at radius 2 is 1.54 bits per heavy atom. The summed E-state index contributed by atoms with van der Waals surface area (Å²) in [6, 6.07) is 23.5. The first-order valence-electron chi connectivity index (χ1n) is 7.80. The van der Waals surface area contributed by atoms with Crippen LogP contribution in [0, 0.1) is 0 Å². The zero-order valence-electron chi connectivity index (χ0n) is 13.3. The first kappa shape index (κ1) is 15.8. The van der Waals surface area contributed by atoms with Crippen LogP contribution in [0.2, 0.25) is 0 Å². The highest BCUT2D eigenvalue weighted by molar-refractivity contribution is 5.86. The summed E-state index contributed by atoms with van der Waals surface area (Å²) in [5.41, 5.74) is 4.55. The Morgan fingerprint density at radius 3 is 2.29 bits per heavy atom. The molecule has 0 bridgehead atoms. The van der Waals surface area contributed by atoms with Gasteiger partial charge in [0.05, 0.1) is 5.56 Å². The van der Waals surface area contributed by atoms with Crippen LogP contribution in [0.1, 0.15) is 21.5 Å². The molecule has 0 N–H and O–H groups in total. The van der Waals surface area contributed by atoms with E-state index in [-0.39, 0.29) is 0 Å². The highest BCUT2D eigenvalue weighted by Gasteiger charge is 2.12. The van der Waals surface area contributed by atoms with Gasteiger partial charge in [0.1, 0.15) is 12.4 Å². The lowest BCUT2D eigenvalue weighted by Gasteiger charge is -2.15. The van der Waals surface area contributed by atoms with Crippen molar-refractivity contribution in [3.8, 4) is 16.9 Å². The molecule has 0 aliphatic heterocycles. The van der Waals surface area contributed by atoms with E-state index >= 15 is 0 Å².